The average molecular weight is 253 g/mol. The molecule has 2 nitrogen and oxygen atoms in total. The summed E-state index contributed by atoms with van der Waals surface area (Å²) in [5.74, 6) is 0.441. The van der Waals surface area contributed by atoms with Gasteiger partial charge in [0, 0.05) is 11.1 Å². The molecule has 0 aliphatic heterocycles. The monoisotopic (exact) mass is 253 g/mol. The number of rotatable bonds is 4. The Morgan fingerprint density at radius 1 is 1.05 bits per heavy atom. The molecule has 1 atom stereocenters. The third-order valence-electron chi connectivity index (χ3n) is 3.51. The van der Waals surface area contributed by atoms with Gasteiger partial charge in [-0.05, 0) is 17.9 Å². The van der Waals surface area contributed by atoms with Gasteiger partial charge in [-0.15, -0.1) is 0 Å². The van der Waals surface area contributed by atoms with Gasteiger partial charge in [0.1, 0.15) is 5.71 Å². The topological polar surface area (TPSA) is 32.6 Å². The summed E-state index contributed by atoms with van der Waals surface area (Å²) < 4.78 is 0. The van der Waals surface area contributed by atoms with E-state index in [9.17, 15) is 5.21 Å². The lowest BCUT2D eigenvalue weighted by Gasteiger charge is -2.15. The minimum Gasteiger partial charge on any atom is -0.410 e. The van der Waals surface area contributed by atoms with Crippen LogP contribution in [0.25, 0.3) is 0 Å². The zero-order valence-corrected chi connectivity index (χ0v) is 11.4. The standard InChI is InChI=1S/C17H19NO/c1-3-13(2)15-11-7-8-12-16(15)17(18-19)14-9-5-4-6-10-14/h4-13,19H,3H2,1-2H3/b18-17+. The second-order valence-corrected chi connectivity index (χ2v) is 4.71. The summed E-state index contributed by atoms with van der Waals surface area (Å²) in [6.45, 7) is 4.36. The lowest BCUT2D eigenvalue weighted by atomic mass is 9.89. The minimum atomic E-state index is 0.441. The maximum absolute atomic E-state index is 9.40. The van der Waals surface area contributed by atoms with Gasteiger partial charge in [0.15, 0.2) is 0 Å². The van der Waals surface area contributed by atoms with Crippen molar-refractivity contribution in [1.82, 2.24) is 0 Å². The molecular weight excluding hydrogens is 234 g/mol. The third-order valence-corrected chi connectivity index (χ3v) is 3.51. The van der Waals surface area contributed by atoms with E-state index in [0.29, 0.717) is 11.6 Å². The largest absolute Gasteiger partial charge is 0.410 e. The fourth-order valence-corrected chi connectivity index (χ4v) is 2.23. The van der Waals surface area contributed by atoms with E-state index in [-0.39, 0.29) is 0 Å². The summed E-state index contributed by atoms with van der Waals surface area (Å²) in [6.07, 6.45) is 1.06. The van der Waals surface area contributed by atoms with Gasteiger partial charge in [-0.2, -0.15) is 0 Å². The second-order valence-electron chi connectivity index (χ2n) is 4.71. The van der Waals surface area contributed by atoms with Crippen LogP contribution in [0.15, 0.2) is 59.8 Å². The van der Waals surface area contributed by atoms with Gasteiger partial charge in [-0.3, -0.25) is 0 Å². The molecule has 0 bridgehead atoms. The predicted molar refractivity (Wildman–Crippen MR) is 79.0 cm³/mol. The maximum Gasteiger partial charge on any atom is 0.117 e. The van der Waals surface area contributed by atoms with E-state index in [0.717, 1.165) is 17.5 Å². The molecule has 2 rings (SSSR count). The van der Waals surface area contributed by atoms with Gasteiger partial charge >= 0.3 is 0 Å². The van der Waals surface area contributed by atoms with Crippen molar-refractivity contribution < 1.29 is 5.21 Å². The van der Waals surface area contributed by atoms with Crippen LogP contribution in [0.5, 0.6) is 0 Å². The molecule has 19 heavy (non-hydrogen) atoms. The summed E-state index contributed by atoms with van der Waals surface area (Å²) in [6, 6.07) is 17.9. The fraction of sp³-hybridized carbons (Fsp3) is 0.235. The molecule has 0 radical (unpaired) electrons. The van der Waals surface area contributed by atoms with Gasteiger partial charge in [0.05, 0.1) is 0 Å². The molecule has 1 unspecified atom stereocenters. The summed E-state index contributed by atoms with van der Waals surface area (Å²) in [5, 5.41) is 12.9. The lowest BCUT2D eigenvalue weighted by Crippen LogP contribution is -2.08. The SMILES string of the molecule is CCC(C)c1ccccc1/C(=N/O)c1ccccc1. The highest BCUT2D eigenvalue weighted by Gasteiger charge is 2.14. The first-order valence-corrected chi connectivity index (χ1v) is 6.64. The van der Waals surface area contributed by atoms with Crippen molar-refractivity contribution in [3.8, 4) is 0 Å². The van der Waals surface area contributed by atoms with Gasteiger partial charge in [-0.25, -0.2) is 0 Å². The molecule has 0 spiro atoms. The smallest absolute Gasteiger partial charge is 0.117 e. The van der Waals surface area contributed by atoms with Crippen molar-refractivity contribution >= 4 is 5.71 Å². The lowest BCUT2D eigenvalue weighted by molar-refractivity contribution is 0.319. The van der Waals surface area contributed by atoms with Crippen LogP contribution in [0, 0.1) is 0 Å². The average Bonchev–Trinajstić information content (AvgIpc) is 2.49. The highest BCUT2D eigenvalue weighted by Crippen LogP contribution is 2.25. The molecule has 98 valence electrons. The van der Waals surface area contributed by atoms with Crippen LogP contribution in [0.2, 0.25) is 0 Å². The highest BCUT2D eigenvalue weighted by atomic mass is 16.4. The van der Waals surface area contributed by atoms with E-state index in [4.69, 9.17) is 0 Å². The van der Waals surface area contributed by atoms with E-state index in [1.807, 2.05) is 48.5 Å². The number of oxime groups is 1. The summed E-state index contributed by atoms with van der Waals surface area (Å²) in [7, 11) is 0. The quantitative estimate of drug-likeness (QED) is 0.488. The number of hydrogen-bond donors (Lipinski definition) is 1. The Bertz CT molecular complexity index is 560. The zero-order chi connectivity index (χ0) is 13.7. The molecule has 0 saturated carbocycles. The molecule has 0 saturated heterocycles. The molecular formula is C17H19NO. The van der Waals surface area contributed by atoms with Crippen molar-refractivity contribution in [2.45, 2.75) is 26.2 Å². The van der Waals surface area contributed by atoms with E-state index in [2.05, 4.69) is 25.1 Å². The van der Waals surface area contributed by atoms with Crippen LogP contribution in [-0.4, -0.2) is 10.9 Å². The van der Waals surface area contributed by atoms with Crippen molar-refractivity contribution in [3.05, 3.63) is 71.3 Å². The zero-order valence-electron chi connectivity index (χ0n) is 11.4. The first-order valence-electron chi connectivity index (χ1n) is 6.64. The summed E-state index contributed by atoms with van der Waals surface area (Å²) in [4.78, 5) is 0. The van der Waals surface area contributed by atoms with Crippen molar-refractivity contribution in [2.24, 2.45) is 5.16 Å². The number of hydrogen-bond acceptors (Lipinski definition) is 2. The van der Waals surface area contributed by atoms with Gasteiger partial charge in [-0.1, -0.05) is 73.6 Å². The fourth-order valence-electron chi connectivity index (χ4n) is 2.23. The Morgan fingerprint density at radius 2 is 1.68 bits per heavy atom. The van der Waals surface area contributed by atoms with E-state index < -0.39 is 0 Å². The predicted octanol–water partition coefficient (Wildman–Crippen LogP) is 4.43. The van der Waals surface area contributed by atoms with E-state index in [1.165, 1.54) is 5.56 Å². The Morgan fingerprint density at radius 3 is 2.32 bits per heavy atom. The highest BCUT2D eigenvalue weighted by molar-refractivity contribution is 6.13. The molecule has 0 aliphatic rings. The molecule has 0 aliphatic carbocycles. The summed E-state index contributed by atoms with van der Waals surface area (Å²) in [5.41, 5.74) is 3.80. The van der Waals surface area contributed by atoms with Crippen molar-refractivity contribution in [3.63, 3.8) is 0 Å². The van der Waals surface area contributed by atoms with Crippen molar-refractivity contribution in [1.29, 1.82) is 0 Å². The Kier molecular flexibility index (Phi) is 4.35. The molecule has 0 aromatic heterocycles. The molecule has 1 N–H and O–H groups in total. The van der Waals surface area contributed by atoms with E-state index >= 15 is 0 Å². The maximum atomic E-state index is 9.40. The Hall–Kier alpha value is -2.09. The van der Waals surface area contributed by atoms with Gasteiger partial charge in [0.25, 0.3) is 0 Å². The minimum absolute atomic E-state index is 0.441. The Labute approximate surface area is 114 Å². The number of nitrogens with zero attached hydrogens (tertiary/aromatic N) is 1. The Balaban J connectivity index is 2.51. The normalized spacial score (nSPS) is 13.3. The van der Waals surface area contributed by atoms with Crippen LogP contribution in [0.1, 0.15) is 42.9 Å². The number of benzene rings is 2. The molecule has 2 aromatic rings. The van der Waals surface area contributed by atoms with Crippen LogP contribution >= 0.6 is 0 Å². The van der Waals surface area contributed by atoms with Crippen LogP contribution in [0.4, 0.5) is 0 Å². The molecule has 2 heteroatoms. The van der Waals surface area contributed by atoms with Crippen LogP contribution in [-0.2, 0) is 0 Å². The molecule has 2 aromatic carbocycles. The first-order chi connectivity index (χ1) is 9.27. The van der Waals surface area contributed by atoms with Crippen LogP contribution < -0.4 is 0 Å². The van der Waals surface area contributed by atoms with E-state index in [1.54, 1.807) is 0 Å². The third kappa shape index (κ3) is 2.84. The van der Waals surface area contributed by atoms with Gasteiger partial charge < -0.3 is 5.21 Å². The molecule has 0 amide bonds. The molecule has 0 heterocycles. The molecule has 0 fully saturated rings. The second kappa shape index (κ2) is 6.19. The summed E-state index contributed by atoms with van der Waals surface area (Å²) >= 11 is 0. The first kappa shape index (κ1) is 13.3. The van der Waals surface area contributed by atoms with Crippen LogP contribution in [0.3, 0.4) is 0 Å². The van der Waals surface area contributed by atoms with Crippen molar-refractivity contribution in [2.75, 3.05) is 0 Å². The van der Waals surface area contributed by atoms with Gasteiger partial charge in [0.2, 0.25) is 0 Å².